The Morgan fingerprint density at radius 1 is 1.48 bits per heavy atom. The number of carbonyl (C=O) groups excluding carboxylic acids is 2. The molecule has 2 atom stereocenters. The second-order valence-corrected chi connectivity index (χ2v) is 6.97. The molecule has 2 rings (SSSR count). The molecule has 0 radical (unpaired) electrons. The Morgan fingerprint density at radius 3 is 2.70 bits per heavy atom. The Kier molecular flexibility index (Phi) is 5.06. The fraction of sp³-hybridized carbons (Fsp3) is 0.688. The van der Waals surface area contributed by atoms with Crippen LogP contribution >= 0.6 is 0 Å². The van der Waals surface area contributed by atoms with Gasteiger partial charge in [-0.3, -0.25) is 18.7 Å². The molecule has 6 nitrogen and oxygen atoms in total. The molecule has 0 saturated carbocycles. The number of amides is 2. The predicted molar refractivity (Wildman–Crippen MR) is 84.3 cm³/mol. The Labute approximate surface area is 136 Å². The normalized spacial score (nSPS) is 21.8. The molecule has 0 bridgehead atoms. The van der Waals surface area contributed by atoms with E-state index in [0.29, 0.717) is 0 Å². The van der Waals surface area contributed by atoms with E-state index in [1.807, 2.05) is 27.0 Å². The van der Waals surface area contributed by atoms with Crippen LogP contribution in [0.15, 0.2) is 12.4 Å². The SMILES string of the molecule is Cn1cc([C@@H]2[C@H](C(=O)NCCCF)CC(=O)N2C(C)(C)C)cn1. The van der Waals surface area contributed by atoms with E-state index in [0.717, 1.165) is 5.56 Å². The van der Waals surface area contributed by atoms with Gasteiger partial charge < -0.3 is 10.2 Å². The molecule has 128 valence electrons. The third kappa shape index (κ3) is 3.71. The molecule has 0 unspecified atom stereocenters. The summed E-state index contributed by atoms with van der Waals surface area (Å²) in [6.45, 7) is 5.69. The van der Waals surface area contributed by atoms with Gasteiger partial charge in [0.15, 0.2) is 0 Å². The smallest absolute Gasteiger partial charge is 0.226 e. The fourth-order valence-electron chi connectivity index (χ4n) is 3.14. The predicted octanol–water partition coefficient (Wildman–Crippen LogP) is 1.58. The van der Waals surface area contributed by atoms with Crippen molar-refractivity contribution < 1.29 is 14.0 Å². The molecule has 0 spiro atoms. The van der Waals surface area contributed by atoms with Crippen molar-refractivity contribution in [2.45, 2.75) is 45.2 Å². The maximum atomic E-state index is 12.5. The number of likely N-dealkylation sites (tertiary alicyclic amines) is 1. The van der Waals surface area contributed by atoms with Crippen molar-refractivity contribution in [2.75, 3.05) is 13.2 Å². The van der Waals surface area contributed by atoms with E-state index in [1.165, 1.54) is 0 Å². The number of hydrogen-bond acceptors (Lipinski definition) is 3. The van der Waals surface area contributed by atoms with E-state index in [4.69, 9.17) is 0 Å². The molecule has 1 N–H and O–H groups in total. The molecule has 2 amide bonds. The third-order valence-electron chi connectivity index (χ3n) is 4.06. The number of rotatable bonds is 5. The summed E-state index contributed by atoms with van der Waals surface area (Å²) in [4.78, 5) is 26.8. The first-order valence-electron chi connectivity index (χ1n) is 7.90. The minimum absolute atomic E-state index is 0.0444. The van der Waals surface area contributed by atoms with Crippen LogP contribution in [0.25, 0.3) is 0 Å². The van der Waals surface area contributed by atoms with E-state index >= 15 is 0 Å². The fourth-order valence-corrected chi connectivity index (χ4v) is 3.14. The number of aromatic nitrogens is 2. The summed E-state index contributed by atoms with van der Waals surface area (Å²) >= 11 is 0. The number of aryl methyl sites for hydroxylation is 1. The molecule has 1 aliphatic rings. The van der Waals surface area contributed by atoms with Crippen molar-refractivity contribution in [1.29, 1.82) is 0 Å². The Bertz CT molecular complexity index is 579. The minimum atomic E-state index is -0.481. The van der Waals surface area contributed by atoms with Crippen molar-refractivity contribution in [3.8, 4) is 0 Å². The Hall–Kier alpha value is -1.92. The zero-order chi connectivity index (χ0) is 17.2. The van der Waals surface area contributed by atoms with Gasteiger partial charge in [-0.25, -0.2) is 0 Å². The molecule has 0 aromatic carbocycles. The van der Waals surface area contributed by atoms with Gasteiger partial charge >= 0.3 is 0 Å². The van der Waals surface area contributed by atoms with Gasteiger partial charge in [-0.2, -0.15) is 5.10 Å². The van der Waals surface area contributed by atoms with Crippen LogP contribution in [0.2, 0.25) is 0 Å². The van der Waals surface area contributed by atoms with Crippen LogP contribution in [0.5, 0.6) is 0 Å². The quantitative estimate of drug-likeness (QED) is 0.836. The average molecular weight is 324 g/mol. The largest absolute Gasteiger partial charge is 0.356 e. The molecule has 1 aromatic heterocycles. The molecule has 1 aliphatic heterocycles. The Balaban J connectivity index is 2.30. The molecular weight excluding hydrogens is 299 g/mol. The second kappa shape index (κ2) is 6.68. The summed E-state index contributed by atoms with van der Waals surface area (Å²) in [5, 5.41) is 6.91. The van der Waals surface area contributed by atoms with Crippen molar-refractivity contribution >= 4 is 11.8 Å². The van der Waals surface area contributed by atoms with Gasteiger partial charge in [0.25, 0.3) is 0 Å². The van der Waals surface area contributed by atoms with Crippen LogP contribution in [0, 0.1) is 5.92 Å². The van der Waals surface area contributed by atoms with Gasteiger partial charge in [-0.1, -0.05) is 0 Å². The standard InChI is InChI=1S/C16H25FN4O2/c1-16(2,3)21-13(22)8-12(15(23)18-7-5-6-17)14(21)11-9-19-20(4)10-11/h9-10,12,14H,5-8H2,1-4H3,(H,18,23)/t12-,14-/m1/s1. The molecule has 1 saturated heterocycles. The van der Waals surface area contributed by atoms with E-state index in [2.05, 4.69) is 10.4 Å². The number of nitrogens with one attached hydrogen (secondary N) is 1. The maximum Gasteiger partial charge on any atom is 0.226 e. The van der Waals surface area contributed by atoms with E-state index in [9.17, 15) is 14.0 Å². The first-order valence-corrected chi connectivity index (χ1v) is 7.90. The molecular formula is C16H25FN4O2. The number of carbonyl (C=O) groups is 2. The molecule has 1 aromatic rings. The number of nitrogens with zero attached hydrogens (tertiary/aromatic N) is 3. The van der Waals surface area contributed by atoms with Crippen LogP contribution in [0.1, 0.15) is 45.2 Å². The van der Waals surface area contributed by atoms with Crippen LogP contribution in [-0.4, -0.2) is 45.3 Å². The van der Waals surface area contributed by atoms with Gasteiger partial charge in [0.1, 0.15) is 0 Å². The lowest BCUT2D eigenvalue weighted by atomic mass is 9.92. The second-order valence-electron chi connectivity index (χ2n) is 6.97. The maximum absolute atomic E-state index is 12.5. The molecule has 2 heterocycles. The third-order valence-corrected chi connectivity index (χ3v) is 4.06. The summed E-state index contributed by atoms with van der Waals surface area (Å²) < 4.78 is 13.9. The topological polar surface area (TPSA) is 67.2 Å². The van der Waals surface area contributed by atoms with Crippen molar-refractivity contribution in [3.05, 3.63) is 18.0 Å². The van der Waals surface area contributed by atoms with Gasteiger partial charge in [0.05, 0.1) is 24.8 Å². The van der Waals surface area contributed by atoms with Crippen LogP contribution in [0.4, 0.5) is 4.39 Å². The first-order chi connectivity index (χ1) is 10.8. The van der Waals surface area contributed by atoms with Crippen molar-refractivity contribution in [2.24, 2.45) is 13.0 Å². The molecule has 1 fully saturated rings. The summed E-state index contributed by atoms with van der Waals surface area (Å²) in [5.41, 5.74) is 0.449. The lowest BCUT2D eigenvalue weighted by molar-refractivity contribution is -0.133. The average Bonchev–Trinajstić information content (AvgIpc) is 3.01. The van der Waals surface area contributed by atoms with Crippen molar-refractivity contribution in [3.63, 3.8) is 0 Å². The van der Waals surface area contributed by atoms with Crippen LogP contribution < -0.4 is 5.32 Å². The number of halogens is 1. The van der Waals surface area contributed by atoms with E-state index in [-0.39, 0.29) is 37.2 Å². The lowest BCUT2D eigenvalue weighted by Crippen LogP contribution is -2.45. The molecule has 23 heavy (non-hydrogen) atoms. The lowest BCUT2D eigenvalue weighted by Gasteiger charge is -2.38. The summed E-state index contributed by atoms with van der Waals surface area (Å²) in [5.74, 6) is -0.727. The highest BCUT2D eigenvalue weighted by Gasteiger charge is 2.48. The molecule has 0 aliphatic carbocycles. The highest BCUT2D eigenvalue weighted by molar-refractivity contribution is 5.90. The van der Waals surface area contributed by atoms with Gasteiger partial charge in [0, 0.05) is 37.3 Å². The van der Waals surface area contributed by atoms with Crippen LogP contribution in [0.3, 0.4) is 0 Å². The monoisotopic (exact) mass is 324 g/mol. The van der Waals surface area contributed by atoms with Gasteiger partial charge in [0.2, 0.25) is 11.8 Å². The van der Waals surface area contributed by atoms with E-state index in [1.54, 1.807) is 22.8 Å². The summed E-state index contributed by atoms with van der Waals surface area (Å²) in [6.07, 6.45) is 3.99. The Morgan fingerprint density at radius 2 is 2.17 bits per heavy atom. The first kappa shape index (κ1) is 17.4. The minimum Gasteiger partial charge on any atom is -0.356 e. The number of alkyl halides is 1. The zero-order valence-electron chi connectivity index (χ0n) is 14.2. The zero-order valence-corrected chi connectivity index (χ0v) is 14.2. The van der Waals surface area contributed by atoms with E-state index < -0.39 is 18.1 Å². The highest BCUT2D eigenvalue weighted by Crippen LogP contribution is 2.42. The van der Waals surface area contributed by atoms with Gasteiger partial charge in [-0.05, 0) is 27.2 Å². The summed E-state index contributed by atoms with van der Waals surface area (Å²) in [6, 6.07) is -0.346. The van der Waals surface area contributed by atoms with Crippen molar-refractivity contribution in [1.82, 2.24) is 20.0 Å². The highest BCUT2D eigenvalue weighted by atomic mass is 19.1. The molecule has 7 heteroatoms. The van der Waals surface area contributed by atoms with Gasteiger partial charge in [-0.15, -0.1) is 0 Å². The van der Waals surface area contributed by atoms with Crippen LogP contribution in [-0.2, 0) is 16.6 Å². The summed E-state index contributed by atoms with van der Waals surface area (Å²) in [7, 11) is 1.80. The number of hydrogen-bond donors (Lipinski definition) is 1.